The van der Waals surface area contributed by atoms with Gasteiger partial charge in [0, 0.05) is 22.6 Å². The molecule has 0 spiro atoms. The van der Waals surface area contributed by atoms with Crippen LogP contribution < -0.4 is 5.32 Å². The zero-order valence-electron chi connectivity index (χ0n) is 13.4. The number of aromatic amines is 1. The van der Waals surface area contributed by atoms with Crippen molar-refractivity contribution in [2.45, 2.75) is 32.1 Å². The molecule has 2 N–H and O–H groups in total. The fourth-order valence-corrected chi connectivity index (χ4v) is 3.31. The lowest BCUT2D eigenvalue weighted by Gasteiger charge is -2.00. The fraction of sp³-hybridized carbons (Fsp3) is 0.278. The van der Waals surface area contributed by atoms with E-state index in [2.05, 4.69) is 51.7 Å². The van der Waals surface area contributed by atoms with Gasteiger partial charge in [-0.05, 0) is 30.9 Å². The maximum Gasteiger partial charge on any atom is 0.277 e. The van der Waals surface area contributed by atoms with Gasteiger partial charge in [0.25, 0.3) is 5.91 Å². The molecule has 3 aromatic rings. The van der Waals surface area contributed by atoms with Crippen LogP contribution in [0.25, 0.3) is 11.3 Å². The Balaban J connectivity index is 1.46. The average Bonchev–Trinajstić information content (AvgIpc) is 3.16. The number of amides is 1. The third-order valence-corrected chi connectivity index (χ3v) is 4.99. The molecule has 5 nitrogen and oxygen atoms in total. The van der Waals surface area contributed by atoms with E-state index in [1.54, 1.807) is 0 Å². The van der Waals surface area contributed by atoms with Gasteiger partial charge >= 0.3 is 0 Å². The number of aromatic nitrogens is 3. The summed E-state index contributed by atoms with van der Waals surface area (Å²) < 4.78 is 0. The molecular weight excluding hydrogens is 320 g/mol. The first-order valence-electron chi connectivity index (χ1n) is 8.14. The zero-order chi connectivity index (χ0) is 16.5. The molecule has 0 radical (unpaired) electrons. The second kappa shape index (κ2) is 6.20. The van der Waals surface area contributed by atoms with E-state index in [1.165, 1.54) is 29.7 Å². The Bertz CT molecular complexity index is 861. The summed E-state index contributed by atoms with van der Waals surface area (Å²) in [6.45, 7) is 2.13. The number of hydrogen-bond acceptors (Lipinski definition) is 4. The first-order valence-corrected chi connectivity index (χ1v) is 9.02. The van der Waals surface area contributed by atoms with Gasteiger partial charge in [-0.15, -0.1) is 11.3 Å². The van der Waals surface area contributed by atoms with Crippen LogP contribution in [0.3, 0.4) is 0 Å². The van der Waals surface area contributed by atoms with Gasteiger partial charge < -0.3 is 0 Å². The third-order valence-electron chi connectivity index (χ3n) is 4.23. The Labute approximate surface area is 144 Å². The van der Waals surface area contributed by atoms with E-state index in [9.17, 15) is 4.79 Å². The first-order chi connectivity index (χ1) is 11.7. The Morgan fingerprint density at radius 3 is 2.83 bits per heavy atom. The predicted octanol–water partition coefficient (Wildman–Crippen LogP) is 4.23. The van der Waals surface area contributed by atoms with E-state index in [-0.39, 0.29) is 5.91 Å². The molecular formula is C18H18N4OS. The lowest BCUT2D eigenvalue weighted by molar-refractivity contribution is 0.102. The van der Waals surface area contributed by atoms with Crippen molar-refractivity contribution in [3.8, 4) is 11.3 Å². The van der Waals surface area contributed by atoms with Crippen molar-refractivity contribution < 1.29 is 4.79 Å². The van der Waals surface area contributed by atoms with Crippen molar-refractivity contribution in [2.75, 3.05) is 5.32 Å². The monoisotopic (exact) mass is 338 g/mol. The van der Waals surface area contributed by atoms with Crippen LogP contribution in [-0.2, 0) is 6.42 Å². The second-order valence-corrected chi connectivity index (χ2v) is 6.88. The quantitative estimate of drug-likeness (QED) is 0.731. The van der Waals surface area contributed by atoms with Crippen molar-refractivity contribution >= 4 is 22.4 Å². The highest BCUT2D eigenvalue weighted by Crippen LogP contribution is 2.39. The molecule has 0 aliphatic heterocycles. The van der Waals surface area contributed by atoms with Crippen LogP contribution in [0.4, 0.5) is 5.13 Å². The molecule has 2 aromatic heterocycles. The molecule has 2 heterocycles. The van der Waals surface area contributed by atoms with E-state index in [1.807, 2.05) is 11.4 Å². The van der Waals surface area contributed by atoms with Gasteiger partial charge in [-0.25, -0.2) is 4.98 Å². The molecule has 0 atom stereocenters. The summed E-state index contributed by atoms with van der Waals surface area (Å²) in [5, 5.41) is 12.4. The van der Waals surface area contributed by atoms with Gasteiger partial charge in [-0.3, -0.25) is 15.2 Å². The van der Waals surface area contributed by atoms with E-state index in [4.69, 9.17) is 0 Å². The van der Waals surface area contributed by atoms with Crippen LogP contribution in [-0.4, -0.2) is 21.1 Å². The van der Waals surface area contributed by atoms with Gasteiger partial charge in [-0.2, -0.15) is 5.10 Å². The molecule has 122 valence electrons. The summed E-state index contributed by atoms with van der Waals surface area (Å²) in [6.07, 6.45) is 3.37. The maximum atomic E-state index is 12.3. The third kappa shape index (κ3) is 3.10. The Hall–Kier alpha value is -2.47. The molecule has 1 amide bonds. The van der Waals surface area contributed by atoms with Crippen LogP contribution in [0.1, 0.15) is 47.4 Å². The number of aryl methyl sites for hydroxylation is 1. The Morgan fingerprint density at radius 1 is 1.33 bits per heavy atom. The average molecular weight is 338 g/mol. The highest BCUT2D eigenvalue weighted by molar-refractivity contribution is 7.14. The largest absolute Gasteiger partial charge is 0.296 e. The van der Waals surface area contributed by atoms with Gasteiger partial charge in [0.05, 0.1) is 5.69 Å². The molecule has 1 saturated carbocycles. The summed E-state index contributed by atoms with van der Waals surface area (Å²) in [5.41, 5.74) is 4.70. The Morgan fingerprint density at radius 2 is 2.12 bits per heavy atom. The minimum atomic E-state index is -0.222. The highest BCUT2D eigenvalue weighted by atomic mass is 32.1. The van der Waals surface area contributed by atoms with Crippen LogP contribution in [0, 0.1) is 0 Å². The van der Waals surface area contributed by atoms with Crippen LogP contribution in [0.5, 0.6) is 0 Å². The number of nitrogens with zero attached hydrogens (tertiary/aromatic N) is 2. The molecule has 0 bridgehead atoms. The number of H-pyrrole nitrogens is 1. The molecule has 1 aliphatic carbocycles. The molecule has 1 aromatic carbocycles. The SMILES string of the molecule is CCc1ccc(-c2csc(NC(=O)c3cc(C4CC4)[nH]n3)n2)cc1. The van der Waals surface area contributed by atoms with Crippen molar-refractivity contribution in [3.63, 3.8) is 0 Å². The molecule has 24 heavy (non-hydrogen) atoms. The van der Waals surface area contributed by atoms with Gasteiger partial charge in [0.2, 0.25) is 0 Å². The lowest BCUT2D eigenvalue weighted by atomic mass is 10.1. The summed E-state index contributed by atoms with van der Waals surface area (Å²) in [7, 11) is 0. The van der Waals surface area contributed by atoms with Crippen molar-refractivity contribution in [1.29, 1.82) is 0 Å². The number of hydrogen-bond donors (Lipinski definition) is 2. The molecule has 4 rings (SSSR count). The molecule has 0 saturated heterocycles. The summed E-state index contributed by atoms with van der Waals surface area (Å²) in [5.74, 6) is 0.331. The number of rotatable bonds is 5. The number of anilines is 1. The fourth-order valence-electron chi connectivity index (χ4n) is 2.59. The van der Waals surface area contributed by atoms with Gasteiger partial charge in [-0.1, -0.05) is 31.2 Å². The summed E-state index contributed by atoms with van der Waals surface area (Å²) in [4.78, 5) is 16.8. The van der Waals surface area contributed by atoms with Crippen molar-refractivity contribution in [1.82, 2.24) is 15.2 Å². The summed E-state index contributed by atoms with van der Waals surface area (Å²) in [6, 6.07) is 10.2. The lowest BCUT2D eigenvalue weighted by Crippen LogP contribution is -2.12. The number of carbonyl (C=O) groups is 1. The van der Waals surface area contributed by atoms with Crippen LogP contribution >= 0.6 is 11.3 Å². The topological polar surface area (TPSA) is 70.7 Å². The minimum absolute atomic E-state index is 0.222. The van der Waals surface area contributed by atoms with E-state index in [0.717, 1.165) is 23.4 Å². The highest BCUT2D eigenvalue weighted by Gasteiger charge is 2.26. The van der Waals surface area contributed by atoms with Crippen molar-refractivity contribution in [2.24, 2.45) is 0 Å². The van der Waals surface area contributed by atoms with Crippen LogP contribution in [0.2, 0.25) is 0 Å². The van der Waals surface area contributed by atoms with Crippen molar-refractivity contribution in [3.05, 3.63) is 52.7 Å². The van der Waals surface area contributed by atoms with Gasteiger partial charge in [0.1, 0.15) is 0 Å². The number of nitrogens with one attached hydrogen (secondary N) is 2. The first kappa shape index (κ1) is 15.1. The number of carbonyl (C=O) groups excluding carboxylic acids is 1. The van der Waals surface area contributed by atoms with E-state index >= 15 is 0 Å². The standard InChI is InChI=1S/C18H18N4OS/c1-2-11-3-5-13(6-4-11)16-10-24-18(19-16)20-17(23)15-9-14(21-22-15)12-7-8-12/h3-6,9-10,12H,2,7-8H2,1H3,(H,21,22)(H,19,20,23). The normalized spacial score (nSPS) is 13.9. The van der Waals surface area contributed by atoms with E-state index < -0.39 is 0 Å². The number of thiazole rings is 1. The maximum absolute atomic E-state index is 12.3. The summed E-state index contributed by atoms with van der Waals surface area (Å²) >= 11 is 1.42. The molecule has 1 fully saturated rings. The molecule has 6 heteroatoms. The van der Waals surface area contributed by atoms with Crippen LogP contribution in [0.15, 0.2) is 35.7 Å². The van der Waals surface area contributed by atoms with Gasteiger partial charge in [0.15, 0.2) is 10.8 Å². The Kier molecular flexibility index (Phi) is 3.90. The van der Waals surface area contributed by atoms with E-state index in [0.29, 0.717) is 16.7 Å². The predicted molar refractivity (Wildman–Crippen MR) is 95.4 cm³/mol. The zero-order valence-corrected chi connectivity index (χ0v) is 14.2. The molecule has 1 aliphatic rings. The number of benzene rings is 1. The minimum Gasteiger partial charge on any atom is -0.296 e. The second-order valence-electron chi connectivity index (χ2n) is 6.03. The smallest absolute Gasteiger partial charge is 0.277 e. The molecule has 0 unspecified atom stereocenters.